The van der Waals surface area contributed by atoms with E-state index in [4.69, 9.17) is 9.47 Å². The number of carbonyl (C=O) groups excluding carboxylic acids is 2. The van der Waals surface area contributed by atoms with Crippen molar-refractivity contribution in [1.29, 1.82) is 0 Å². The molecule has 1 atom stereocenters. The molecule has 22 heavy (non-hydrogen) atoms. The fourth-order valence-corrected chi connectivity index (χ4v) is 1.44. The zero-order valence-corrected chi connectivity index (χ0v) is 14.6. The van der Waals surface area contributed by atoms with Crippen molar-refractivity contribution >= 4 is 11.9 Å². The summed E-state index contributed by atoms with van der Waals surface area (Å²) in [7, 11) is 0. The van der Waals surface area contributed by atoms with Gasteiger partial charge in [-0.3, -0.25) is 0 Å². The Balaban J connectivity index is 4.11. The lowest BCUT2D eigenvalue weighted by Gasteiger charge is -2.20. The van der Waals surface area contributed by atoms with E-state index in [-0.39, 0.29) is 17.6 Å². The van der Waals surface area contributed by atoms with Gasteiger partial charge in [-0.15, -0.1) is 0 Å². The van der Waals surface area contributed by atoms with Gasteiger partial charge in [0.15, 0.2) is 0 Å². The van der Waals surface area contributed by atoms with Crippen LogP contribution in [-0.2, 0) is 19.1 Å². The SMILES string of the molecule is C=C(C)C(=O)OC(C)CC=C(C)C(=O)OCCNC(C)(C)C. The molecule has 0 bridgehead atoms. The van der Waals surface area contributed by atoms with Crippen molar-refractivity contribution in [3.8, 4) is 0 Å². The minimum absolute atomic E-state index is 0.000116. The van der Waals surface area contributed by atoms with Crippen molar-refractivity contribution in [1.82, 2.24) is 5.32 Å². The van der Waals surface area contributed by atoms with E-state index in [1.165, 1.54) is 0 Å². The van der Waals surface area contributed by atoms with Crippen LogP contribution in [0.2, 0.25) is 0 Å². The highest BCUT2D eigenvalue weighted by atomic mass is 16.5. The second kappa shape index (κ2) is 9.41. The van der Waals surface area contributed by atoms with Crippen molar-refractivity contribution in [3.05, 3.63) is 23.8 Å². The molecular weight excluding hydrogens is 282 g/mol. The molecular formula is C17H29NO4. The van der Waals surface area contributed by atoms with Crippen molar-refractivity contribution < 1.29 is 19.1 Å². The van der Waals surface area contributed by atoms with Crippen LogP contribution in [-0.4, -0.2) is 36.7 Å². The lowest BCUT2D eigenvalue weighted by atomic mass is 10.1. The highest BCUT2D eigenvalue weighted by Gasteiger charge is 2.12. The molecule has 0 aromatic rings. The predicted molar refractivity (Wildman–Crippen MR) is 87.5 cm³/mol. The molecule has 0 saturated carbocycles. The molecule has 0 spiro atoms. The predicted octanol–water partition coefficient (Wildman–Crippen LogP) is 2.76. The molecule has 0 rings (SSSR count). The lowest BCUT2D eigenvalue weighted by Crippen LogP contribution is -2.38. The van der Waals surface area contributed by atoms with E-state index in [1.54, 1.807) is 26.8 Å². The average Bonchev–Trinajstić information content (AvgIpc) is 2.39. The topological polar surface area (TPSA) is 64.6 Å². The van der Waals surface area contributed by atoms with Crippen LogP contribution in [0.3, 0.4) is 0 Å². The van der Waals surface area contributed by atoms with Crippen LogP contribution >= 0.6 is 0 Å². The molecule has 0 heterocycles. The minimum Gasteiger partial charge on any atom is -0.461 e. The normalized spacial score (nSPS) is 13.5. The Hall–Kier alpha value is -1.62. The summed E-state index contributed by atoms with van der Waals surface area (Å²) in [6.45, 7) is 15.6. The molecule has 0 aliphatic carbocycles. The Morgan fingerprint density at radius 1 is 1.23 bits per heavy atom. The van der Waals surface area contributed by atoms with Gasteiger partial charge in [0, 0.05) is 29.7 Å². The highest BCUT2D eigenvalue weighted by molar-refractivity contribution is 5.88. The second-order valence-corrected chi connectivity index (χ2v) is 6.43. The van der Waals surface area contributed by atoms with Gasteiger partial charge < -0.3 is 14.8 Å². The van der Waals surface area contributed by atoms with Gasteiger partial charge in [0.05, 0.1) is 0 Å². The summed E-state index contributed by atoms with van der Waals surface area (Å²) in [5, 5.41) is 3.24. The van der Waals surface area contributed by atoms with Gasteiger partial charge >= 0.3 is 11.9 Å². The van der Waals surface area contributed by atoms with E-state index >= 15 is 0 Å². The van der Waals surface area contributed by atoms with E-state index in [1.807, 2.05) is 20.8 Å². The summed E-state index contributed by atoms with van der Waals surface area (Å²) in [6, 6.07) is 0. The van der Waals surface area contributed by atoms with E-state index in [0.29, 0.717) is 30.7 Å². The summed E-state index contributed by atoms with van der Waals surface area (Å²) in [5.74, 6) is -0.775. The van der Waals surface area contributed by atoms with Crippen molar-refractivity contribution in [2.24, 2.45) is 0 Å². The third kappa shape index (κ3) is 10.2. The van der Waals surface area contributed by atoms with Crippen LogP contribution in [0.25, 0.3) is 0 Å². The van der Waals surface area contributed by atoms with Gasteiger partial charge in [-0.1, -0.05) is 12.7 Å². The largest absolute Gasteiger partial charge is 0.461 e. The fraction of sp³-hybridized carbons (Fsp3) is 0.647. The van der Waals surface area contributed by atoms with E-state index in [9.17, 15) is 9.59 Å². The zero-order chi connectivity index (χ0) is 17.3. The zero-order valence-electron chi connectivity index (χ0n) is 14.6. The molecule has 0 aromatic carbocycles. The molecule has 0 aliphatic heterocycles. The number of nitrogens with one attached hydrogen (secondary N) is 1. The van der Waals surface area contributed by atoms with Gasteiger partial charge in [-0.25, -0.2) is 9.59 Å². The molecule has 0 aromatic heterocycles. The number of carbonyl (C=O) groups is 2. The molecule has 0 saturated heterocycles. The molecule has 1 unspecified atom stereocenters. The molecule has 5 heteroatoms. The molecule has 0 amide bonds. The van der Waals surface area contributed by atoms with E-state index in [0.717, 1.165) is 0 Å². The van der Waals surface area contributed by atoms with Gasteiger partial charge in [-0.05, 0) is 41.5 Å². The lowest BCUT2D eigenvalue weighted by molar-refractivity contribution is -0.143. The Morgan fingerprint density at radius 3 is 2.32 bits per heavy atom. The van der Waals surface area contributed by atoms with Crippen LogP contribution in [0, 0.1) is 0 Å². The Bertz CT molecular complexity index is 432. The first-order valence-electron chi connectivity index (χ1n) is 7.48. The summed E-state index contributed by atoms with van der Waals surface area (Å²) < 4.78 is 10.3. The summed E-state index contributed by atoms with van der Waals surface area (Å²) >= 11 is 0. The highest BCUT2D eigenvalue weighted by Crippen LogP contribution is 2.06. The van der Waals surface area contributed by atoms with Gasteiger partial charge in [-0.2, -0.15) is 0 Å². The molecule has 5 nitrogen and oxygen atoms in total. The molecule has 0 radical (unpaired) electrons. The number of esters is 2. The Kier molecular flexibility index (Phi) is 8.72. The Morgan fingerprint density at radius 2 is 1.82 bits per heavy atom. The second-order valence-electron chi connectivity index (χ2n) is 6.43. The number of hydrogen-bond donors (Lipinski definition) is 1. The molecule has 1 N–H and O–H groups in total. The van der Waals surface area contributed by atoms with Gasteiger partial charge in [0.1, 0.15) is 12.7 Å². The smallest absolute Gasteiger partial charge is 0.333 e. The first kappa shape index (κ1) is 20.4. The Labute approximate surface area is 133 Å². The van der Waals surface area contributed by atoms with Gasteiger partial charge in [0.2, 0.25) is 0 Å². The summed E-state index contributed by atoms with van der Waals surface area (Å²) in [6.07, 6.45) is 1.87. The van der Waals surface area contributed by atoms with Crippen molar-refractivity contribution in [2.45, 2.75) is 59.6 Å². The average molecular weight is 311 g/mol. The van der Waals surface area contributed by atoms with Gasteiger partial charge in [0.25, 0.3) is 0 Å². The molecule has 0 aliphatic rings. The molecule has 0 fully saturated rings. The van der Waals surface area contributed by atoms with Crippen LogP contribution < -0.4 is 5.32 Å². The van der Waals surface area contributed by atoms with Crippen LogP contribution in [0.1, 0.15) is 48.0 Å². The van der Waals surface area contributed by atoms with Crippen molar-refractivity contribution in [2.75, 3.05) is 13.2 Å². The monoisotopic (exact) mass is 311 g/mol. The van der Waals surface area contributed by atoms with Crippen molar-refractivity contribution in [3.63, 3.8) is 0 Å². The van der Waals surface area contributed by atoms with E-state index in [2.05, 4.69) is 11.9 Å². The standard InChI is InChI=1S/C17H29NO4/c1-12(2)15(19)22-14(4)9-8-13(3)16(20)21-11-10-18-17(5,6)7/h8,14,18H,1,9-11H2,2-7H3. The van der Waals surface area contributed by atoms with Crippen LogP contribution in [0.15, 0.2) is 23.8 Å². The quantitative estimate of drug-likeness (QED) is 0.424. The summed E-state index contributed by atoms with van der Waals surface area (Å²) in [4.78, 5) is 23.1. The van der Waals surface area contributed by atoms with E-state index < -0.39 is 5.97 Å². The number of rotatable bonds is 8. The molecule has 126 valence electrons. The van der Waals surface area contributed by atoms with Crippen LogP contribution in [0.5, 0.6) is 0 Å². The summed E-state index contributed by atoms with van der Waals surface area (Å²) in [5.41, 5.74) is 0.868. The first-order chi connectivity index (χ1) is 10.0. The maximum Gasteiger partial charge on any atom is 0.333 e. The number of hydrogen-bond acceptors (Lipinski definition) is 5. The third-order valence-electron chi connectivity index (χ3n) is 2.73. The maximum atomic E-state index is 11.8. The fourth-order valence-electron chi connectivity index (χ4n) is 1.44. The first-order valence-corrected chi connectivity index (χ1v) is 7.48. The van der Waals surface area contributed by atoms with Crippen LogP contribution in [0.4, 0.5) is 0 Å². The maximum absolute atomic E-state index is 11.8. The third-order valence-corrected chi connectivity index (χ3v) is 2.73. The number of ether oxygens (including phenoxy) is 2. The minimum atomic E-state index is -0.422.